The molecule has 0 radical (unpaired) electrons. The first-order valence-corrected chi connectivity index (χ1v) is 5.91. The Bertz CT molecular complexity index is 553. The van der Waals surface area contributed by atoms with Crippen LogP contribution in [-0.2, 0) is 6.42 Å². The summed E-state index contributed by atoms with van der Waals surface area (Å²) in [4.78, 5) is 4.41. The third-order valence-corrected chi connectivity index (χ3v) is 2.87. The number of nitrogens with zero attached hydrogens (tertiary/aromatic N) is 1. The molecule has 0 fully saturated rings. The predicted molar refractivity (Wildman–Crippen MR) is 72.2 cm³/mol. The van der Waals surface area contributed by atoms with Crippen LogP contribution in [0.3, 0.4) is 0 Å². The van der Waals surface area contributed by atoms with E-state index in [0.29, 0.717) is 0 Å². The van der Waals surface area contributed by atoms with Crippen molar-refractivity contribution in [3.05, 3.63) is 30.1 Å². The minimum Gasteiger partial charge on any atom is -0.497 e. The van der Waals surface area contributed by atoms with Crippen LogP contribution in [0, 0.1) is 0 Å². The van der Waals surface area contributed by atoms with E-state index in [1.54, 1.807) is 20.4 Å². The number of pyridine rings is 1. The normalized spacial score (nSPS) is 12.4. The smallest absolute Gasteiger partial charge is 0.130 e. The second-order valence-corrected chi connectivity index (χ2v) is 4.36. The summed E-state index contributed by atoms with van der Waals surface area (Å²) in [7, 11) is 3.29. The van der Waals surface area contributed by atoms with E-state index in [1.807, 2.05) is 25.1 Å². The van der Waals surface area contributed by atoms with Gasteiger partial charge in [0.15, 0.2) is 0 Å². The second-order valence-electron chi connectivity index (χ2n) is 4.36. The number of hydrogen-bond donors (Lipinski definition) is 1. The van der Waals surface area contributed by atoms with Gasteiger partial charge in [-0.1, -0.05) is 0 Å². The number of rotatable bonds is 4. The molecule has 0 aliphatic rings. The Hall–Kier alpha value is -1.81. The maximum atomic E-state index is 5.85. The standard InChI is InChI=1S/C14H18N2O2/c1-9(15)6-13-12-7-10(17-2)8-14(18-3)11(12)4-5-16-13/h4-5,7-9H,6,15H2,1-3H3. The third-order valence-electron chi connectivity index (χ3n) is 2.87. The highest BCUT2D eigenvalue weighted by Gasteiger charge is 2.10. The molecule has 0 saturated heterocycles. The van der Waals surface area contributed by atoms with E-state index in [1.165, 1.54) is 0 Å². The van der Waals surface area contributed by atoms with E-state index in [-0.39, 0.29) is 6.04 Å². The first-order chi connectivity index (χ1) is 8.65. The molecule has 1 aromatic heterocycles. The molecule has 0 amide bonds. The number of aromatic nitrogens is 1. The van der Waals surface area contributed by atoms with Crippen molar-refractivity contribution in [2.24, 2.45) is 5.73 Å². The monoisotopic (exact) mass is 246 g/mol. The lowest BCUT2D eigenvalue weighted by Gasteiger charge is -2.12. The topological polar surface area (TPSA) is 57.4 Å². The van der Waals surface area contributed by atoms with Crippen LogP contribution < -0.4 is 15.2 Å². The fourth-order valence-corrected chi connectivity index (χ4v) is 2.04. The Morgan fingerprint density at radius 2 is 2.00 bits per heavy atom. The van der Waals surface area contributed by atoms with Gasteiger partial charge in [0.25, 0.3) is 0 Å². The molecule has 0 aliphatic carbocycles. The average molecular weight is 246 g/mol. The van der Waals surface area contributed by atoms with Crippen molar-refractivity contribution in [1.82, 2.24) is 4.98 Å². The maximum Gasteiger partial charge on any atom is 0.130 e. The molecule has 2 aromatic rings. The molecule has 1 aromatic carbocycles. The van der Waals surface area contributed by atoms with Crippen molar-refractivity contribution in [3.63, 3.8) is 0 Å². The number of benzene rings is 1. The Morgan fingerprint density at radius 1 is 1.22 bits per heavy atom. The number of fused-ring (bicyclic) bond motifs is 1. The van der Waals surface area contributed by atoms with Gasteiger partial charge >= 0.3 is 0 Å². The highest BCUT2D eigenvalue weighted by molar-refractivity contribution is 5.91. The van der Waals surface area contributed by atoms with Crippen molar-refractivity contribution in [3.8, 4) is 11.5 Å². The van der Waals surface area contributed by atoms with E-state index in [2.05, 4.69) is 4.98 Å². The molecule has 4 heteroatoms. The van der Waals surface area contributed by atoms with Crippen LogP contribution >= 0.6 is 0 Å². The molecule has 2 N–H and O–H groups in total. The summed E-state index contributed by atoms with van der Waals surface area (Å²) in [5, 5.41) is 2.06. The fraction of sp³-hybridized carbons (Fsp3) is 0.357. The zero-order valence-electron chi connectivity index (χ0n) is 10.9. The average Bonchev–Trinajstić information content (AvgIpc) is 2.37. The molecular formula is C14H18N2O2. The van der Waals surface area contributed by atoms with Crippen molar-refractivity contribution in [1.29, 1.82) is 0 Å². The van der Waals surface area contributed by atoms with Gasteiger partial charge in [-0.2, -0.15) is 0 Å². The van der Waals surface area contributed by atoms with Crippen LogP contribution in [0.15, 0.2) is 24.4 Å². The van der Waals surface area contributed by atoms with Gasteiger partial charge in [0.05, 0.1) is 14.2 Å². The zero-order valence-corrected chi connectivity index (χ0v) is 10.9. The van der Waals surface area contributed by atoms with E-state index < -0.39 is 0 Å². The van der Waals surface area contributed by atoms with E-state index in [4.69, 9.17) is 15.2 Å². The van der Waals surface area contributed by atoms with Crippen molar-refractivity contribution >= 4 is 10.8 Å². The predicted octanol–water partition coefficient (Wildman–Crippen LogP) is 2.14. The van der Waals surface area contributed by atoms with Crippen molar-refractivity contribution in [2.75, 3.05) is 14.2 Å². The zero-order chi connectivity index (χ0) is 13.1. The van der Waals surface area contributed by atoms with E-state index in [0.717, 1.165) is 34.4 Å². The molecule has 18 heavy (non-hydrogen) atoms. The van der Waals surface area contributed by atoms with Gasteiger partial charge in [0, 0.05) is 41.2 Å². The third kappa shape index (κ3) is 2.38. The second kappa shape index (κ2) is 5.23. The minimum atomic E-state index is 0.0697. The summed E-state index contributed by atoms with van der Waals surface area (Å²) in [5.74, 6) is 1.55. The summed E-state index contributed by atoms with van der Waals surface area (Å²) in [6, 6.07) is 5.86. The summed E-state index contributed by atoms with van der Waals surface area (Å²) < 4.78 is 10.7. The maximum absolute atomic E-state index is 5.85. The van der Waals surface area contributed by atoms with Crippen LogP contribution in [0.4, 0.5) is 0 Å². The number of nitrogens with two attached hydrogens (primary N) is 1. The van der Waals surface area contributed by atoms with Crippen LogP contribution in [-0.4, -0.2) is 25.2 Å². The van der Waals surface area contributed by atoms with E-state index >= 15 is 0 Å². The first-order valence-electron chi connectivity index (χ1n) is 5.91. The highest BCUT2D eigenvalue weighted by atomic mass is 16.5. The number of ether oxygens (including phenoxy) is 2. The van der Waals surface area contributed by atoms with E-state index in [9.17, 15) is 0 Å². The minimum absolute atomic E-state index is 0.0697. The van der Waals surface area contributed by atoms with Gasteiger partial charge in [-0.15, -0.1) is 0 Å². The van der Waals surface area contributed by atoms with Gasteiger partial charge in [-0.05, 0) is 19.1 Å². The highest BCUT2D eigenvalue weighted by Crippen LogP contribution is 2.32. The quantitative estimate of drug-likeness (QED) is 0.898. The van der Waals surface area contributed by atoms with Gasteiger partial charge in [0.1, 0.15) is 11.5 Å². The summed E-state index contributed by atoms with van der Waals surface area (Å²) >= 11 is 0. The van der Waals surface area contributed by atoms with Crippen molar-refractivity contribution < 1.29 is 9.47 Å². The van der Waals surface area contributed by atoms with Crippen LogP contribution in [0.5, 0.6) is 11.5 Å². The molecule has 0 aliphatic heterocycles. The summed E-state index contributed by atoms with van der Waals surface area (Å²) in [6.07, 6.45) is 2.52. The summed E-state index contributed by atoms with van der Waals surface area (Å²) in [6.45, 7) is 1.97. The lowest BCUT2D eigenvalue weighted by molar-refractivity contribution is 0.398. The Labute approximate surface area is 107 Å². The largest absolute Gasteiger partial charge is 0.497 e. The van der Waals surface area contributed by atoms with Gasteiger partial charge < -0.3 is 15.2 Å². The molecular weight excluding hydrogens is 228 g/mol. The Balaban J connectivity index is 2.66. The number of hydrogen-bond acceptors (Lipinski definition) is 4. The van der Waals surface area contributed by atoms with Gasteiger partial charge in [0.2, 0.25) is 0 Å². The molecule has 0 bridgehead atoms. The lowest BCUT2D eigenvalue weighted by atomic mass is 10.0. The fourth-order valence-electron chi connectivity index (χ4n) is 2.04. The van der Waals surface area contributed by atoms with Crippen LogP contribution in [0.25, 0.3) is 10.8 Å². The Kier molecular flexibility index (Phi) is 3.67. The Morgan fingerprint density at radius 3 is 2.61 bits per heavy atom. The molecule has 96 valence electrons. The van der Waals surface area contributed by atoms with Gasteiger partial charge in [-0.25, -0.2) is 0 Å². The molecule has 2 rings (SSSR count). The van der Waals surface area contributed by atoms with Crippen LogP contribution in [0.2, 0.25) is 0 Å². The molecule has 0 saturated carbocycles. The molecule has 4 nitrogen and oxygen atoms in total. The van der Waals surface area contributed by atoms with Crippen molar-refractivity contribution in [2.45, 2.75) is 19.4 Å². The summed E-state index contributed by atoms with van der Waals surface area (Å²) in [5.41, 5.74) is 6.83. The SMILES string of the molecule is COc1cc(OC)c2ccnc(CC(C)N)c2c1. The molecule has 0 spiro atoms. The van der Waals surface area contributed by atoms with Crippen LogP contribution in [0.1, 0.15) is 12.6 Å². The number of methoxy groups -OCH3 is 2. The molecule has 1 atom stereocenters. The van der Waals surface area contributed by atoms with Gasteiger partial charge in [-0.3, -0.25) is 4.98 Å². The molecule has 1 unspecified atom stereocenters. The lowest BCUT2D eigenvalue weighted by Crippen LogP contribution is -2.18. The first kappa shape index (κ1) is 12.6. The molecule has 1 heterocycles.